The molecule has 16 heavy (non-hydrogen) atoms. The van der Waals surface area contributed by atoms with Crippen LogP contribution in [0, 0.1) is 5.92 Å². The van der Waals surface area contributed by atoms with E-state index in [9.17, 15) is 4.79 Å². The first kappa shape index (κ1) is 11.6. The van der Waals surface area contributed by atoms with E-state index in [4.69, 9.17) is 5.73 Å². The van der Waals surface area contributed by atoms with E-state index < -0.39 is 0 Å². The molecule has 0 radical (unpaired) electrons. The third-order valence-electron chi connectivity index (χ3n) is 3.20. The van der Waals surface area contributed by atoms with Gasteiger partial charge in [0.2, 0.25) is 5.91 Å². The molecule has 1 heterocycles. The molecular weight excluding hydrogens is 220 g/mol. The molecule has 88 valence electrons. The van der Waals surface area contributed by atoms with Crippen molar-refractivity contribution in [2.45, 2.75) is 38.8 Å². The highest BCUT2D eigenvalue weighted by molar-refractivity contribution is 7.10. The van der Waals surface area contributed by atoms with E-state index in [0.717, 1.165) is 12.5 Å². The lowest BCUT2D eigenvalue weighted by atomic mass is 10.1. The van der Waals surface area contributed by atoms with Crippen molar-refractivity contribution in [3.05, 3.63) is 21.9 Å². The molecule has 2 unspecified atom stereocenters. The number of carbonyl (C=O) groups excluding carboxylic acids is 1. The van der Waals surface area contributed by atoms with E-state index in [0.29, 0.717) is 11.6 Å². The second kappa shape index (κ2) is 4.97. The highest BCUT2D eigenvalue weighted by Gasteiger charge is 2.20. The van der Waals surface area contributed by atoms with Crippen molar-refractivity contribution in [2.24, 2.45) is 11.7 Å². The molecule has 0 bridgehead atoms. The van der Waals surface area contributed by atoms with Crippen LogP contribution < -0.4 is 11.1 Å². The fraction of sp³-hybridized carbons (Fsp3) is 0.583. The van der Waals surface area contributed by atoms with Gasteiger partial charge < -0.3 is 11.1 Å². The number of amides is 1. The monoisotopic (exact) mass is 238 g/mol. The fourth-order valence-corrected chi connectivity index (χ4v) is 3.06. The van der Waals surface area contributed by atoms with Gasteiger partial charge in [-0.3, -0.25) is 4.79 Å². The molecule has 1 aromatic rings. The van der Waals surface area contributed by atoms with Crippen molar-refractivity contribution in [1.29, 1.82) is 0 Å². The fourth-order valence-electron chi connectivity index (χ4n) is 2.24. The Hall–Kier alpha value is -0.870. The Balaban J connectivity index is 1.83. The number of thiophene rings is 1. The van der Waals surface area contributed by atoms with E-state index in [-0.39, 0.29) is 5.91 Å². The van der Waals surface area contributed by atoms with Crippen LogP contribution in [-0.4, -0.2) is 11.9 Å². The molecule has 3 N–H and O–H groups in total. The van der Waals surface area contributed by atoms with Gasteiger partial charge in [-0.15, -0.1) is 11.3 Å². The van der Waals surface area contributed by atoms with Gasteiger partial charge in [0, 0.05) is 22.8 Å². The van der Waals surface area contributed by atoms with Crippen molar-refractivity contribution < 1.29 is 4.79 Å². The topological polar surface area (TPSA) is 55.1 Å². The minimum absolute atomic E-state index is 0.336. The molecule has 2 rings (SSSR count). The molecule has 1 aliphatic carbocycles. The molecule has 4 heteroatoms. The molecule has 1 aromatic heterocycles. The molecule has 0 aromatic carbocycles. The third kappa shape index (κ3) is 2.83. The maximum atomic E-state index is 10.9. The molecule has 0 aliphatic heterocycles. The summed E-state index contributed by atoms with van der Waals surface area (Å²) in [4.78, 5) is 12.1. The van der Waals surface area contributed by atoms with Crippen LogP contribution >= 0.6 is 11.3 Å². The summed E-state index contributed by atoms with van der Waals surface area (Å²) in [5, 5.41) is 5.37. The van der Waals surface area contributed by atoms with E-state index in [1.807, 2.05) is 11.4 Å². The predicted octanol–water partition coefficient (Wildman–Crippen LogP) is 2.13. The van der Waals surface area contributed by atoms with E-state index in [2.05, 4.69) is 12.2 Å². The maximum absolute atomic E-state index is 10.9. The Morgan fingerprint density at radius 3 is 3.00 bits per heavy atom. The Labute approximate surface area is 100 Å². The maximum Gasteiger partial charge on any atom is 0.249 e. The summed E-state index contributed by atoms with van der Waals surface area (Å²) in [7, 11) is 0. The third-order valence-corrected chi connectivity index (χ3v) is 4.13. The van der Waals surface area contributed by atoms with E-state index in [1.165, 1.54) is 24.1 Å². The van der Waals surface area contributed by atoms with Crippen LogP contribution in [0.3, 0.4) is 0 Å². The first-order valence-corrected chi connectivity index (χ1v) is 6.63. The molecule has 3 nitrogen and oxygen atoms in total. The number of hydrogen-bond acceptors (Lipinski definition) is 3. The highest BCUT2D eigenvalue weighted by Crippen LogP contribution is 2.25. The van der Waals surface area contributed by atoms with Gasteiger partial charge in [0.15, 0.2) is 0 Å². The van der Waals surface area contributed by atoms with E-state index in [1.54, 1.807) is 11.3 Å². The summed E-state index contributed by atoms with van der Waals surface area (Å²) in [6.07, 6.45) is 3.87. The first-order chi connectivity index (χ1) is 7.65. The van der Waals surface area contributed by atoms with Gasteiger partial charge in [-0.1, -0.05) is 6.92 Å². The average Bonchev–Trinajstić information content (AvgIpc) is 2.83. The van der Waals surface area contributed by atoms with Gasteiger partial charge in [-0.25, -0.2) is 0 Å². The van der Waals surface area contributed by atoms with Crippen LogP contribution in [0.5, 0.6) is 0 Å². The van der Waals surface area contributed by atoms with Crippen molar-refractivity contribution >= 4 is 17.2 Å². The molecule has 0 spiro atoms. The predicted molar refractivity (Wildman–Crippen MR) is 66.5 cm³/mol. The SMILES string of the molecule is CC1CCC(NCc2cc(C(N)=O)cs2)C1. The average molecular weight is 238 g/mol. The van der Waals surface area contributed by atoms with Crippen molar-refractivity contribution in [1.82, 2.24) is 5.32 Å². The number of nitrogens with two attached hydrogens (primary N) is 1. The van der Waals surface area contributed by atoms with Crippen LogP contribution in [0.15, 0.2) is 11.4 Å². The Bertz CT molecular complexity index is 375. The van der Waals surface area contributed by atoms with Gasteiger partial charge >= 0.3 is 0 Å². The summed E-state index contributed by atoms with van der Waals surface area (Å²) in [5.41, 5.74) is 5.84. The molecular formula is C12H18N2OS. The second-order valence-electron chi connectivity index (χ2n) is 4.66. The van der Waals surface area contributed by atoms with Gasteiger partial charge in [0.05, 0.1) is 5.56 Å². The largest absolute Gasteiger partial charge is 0.366 e. The lowest BCUT2D eigenvalue weighted by Gasteiger charge is -2.10. The van der Waals surface area contributed by atoms with Crippen molar-refractivity contribution in [3.8, 4) is 0 Å². The molecule has 2 atom stereocenters. The van der Waals surface area contributed by atoms with Crippen molar-refractivity contribution in [3.63, 3.8) is 0 Å². The number of primary amides is 1. The summed E-state index contributed by atoms with van der Waals surface area (Å²) in [6, 6.07) is 2.53. The summed E-state index contributed by atoms with van der Waals surface area (Å²) < 4.78 is 0. The standard InChI is InChI=1S/C12H18N2OS/c1-8-2-3-10(4-8)14-6-11-5-9(7-16-11)12(13)15/h5,7-8,10,14H,2-4,6H2,1H3,(H2,13,15). The van der Waals surface area contributed by atoms with E-state index >= 15 is 0 Å². The smallest absolute Gasteiger partial charge is 0.249 e. The molecule has 0 saturated heterocycles. The van der Waals surface area contributed by atoms with Crippen LogP contribution in [0.25, 0.3) is 0 Å². The molecule has 1 aliphatic rings. The highest BCUT2D eigenvalue weighted by atomic mass is 32.1. The van der Waals surface area contributed by atoms with Crippen LogP contribution in [-0.2, 0) is 6.54 Å². The number of carbonyl (C=O) groups is 1. The van der Waals surface area contributed by atoms with Gasteiger partial charge in [0.25, 0.3) is 0 Å². The van der Waals surface area contributed by atoms with Crippen molar-refractivity contribution in [2.75, 3.05) is 0 Å². The zero-order valence-electron chi connectivity index (χ0n) is 9.53. The molecule has 1 amide bonds. The lowest BCUT2D eigenvalue weighted by molar-refractivity contribution is 0.100. The number of hydrogen-bond donors (Lipinski definition) is 2. The quantitative estimate of drug-likeness (QED) is 0.844. The Morgan fingerprint density at radius 2 is 2.44 bits per heavy atom. The normalized spacial score (nSPS) is 24.8. The zero-order valence-corrected chi connectivity index (χ0v) is 10.3. The summed E-state index contributed by atoms with van der Waals surface area (Å²) in [5.74, 6) is 0.513. The minimum atomic E-state index is -0.336. The Morgan fingerprint density at radius 1 is 1.62 bits per heavy atom. The first-order valence-electron chi connectivity index (χ1n) is 5.75. The van der Waals surface area contributed by atoms with Gasteiger partial charge in [0.1, 0.15) is 0 Å². The summed E-state index contributed by atoms with van der Waals surface area (Å²) >= 11 is 1.60. The van der Waals surface area contributed by atoms with Gasteiger partial charge in [-0.05, 0) is 31.2 Å². The second-order valence-corrected chi connectivity index (χ2v) is 5.66. The van der Waals surface area contributed by atoms with Crippen LogP contribution in [0.4, 0.5) is 0 Å². The zero-order chi connectivity index (χ0) is 11.5. The molecule has 1 saturated carbocycles. The number of nitrogens with one attached hydrogen (secondary N) is 1. The summed E-state index contributed by atoms with van der Waals surface area (Å²) in [6.45, 7) is 3.16. The minimum Gasteiger partial charge on any atom is -0.366 e. The van der Waals surface area contributed by atoms with Crippen LogP contribution in [0.1, 0.15) is 41.4 Å². The number of rotatable bonds is 4. The molecule has 1 fully saturated rings. The Kier molecular flexibility index (Phi) is 3.61. The lowest BCUT2D eigenvalue weighted by Crippen LogP contribution is -2.25. The van der Waals surface area contributed by atoms with Gasteiger partial charge in [-0.2, -0.15) is 0 Å². The van der Waals surface area contributed by atoms with Crippen LogP contribution in [0.2, 0.25) is 0 Å².